The van der Waals surface area contributed by atoms with Crippen molar-refractivity contribution in [1.29, 1.82) is 0 Å². The molecule has 0 amide bonds. The second kappa shape index (κ2) is 14.0. The molecule has 0 saturated heterocycles. The number of ketones is 2. The SMILES string of the molecule is C.C.CC.CC.Cn1c(=O)c(C(=O)c2ccccc2)c2c3c(c(Nc4ccccc4)ccc31)C(=O)c1ccccc1-2. The van der Waals surface area contributed by atoms with Gasteiger partial charge in [-0.05, 0) is 29.8 Å². The van der Waals surface area contributed by atoms with Crippen LogP contribution in [-0.4, -0.2) is 16.1 Å². The number of hydrogen-bond donors (Lipinski definition) is 1. The zero-order chi connectivity index (χ0) is 28.1. The van der Waals surface area contributed by atoms with E-state index in [1.807, 2.05) is 88.4 Å². The molecule has 0 aliphatic heterocycles. The number of aromatic nitrogens is 1. The van der Waals surface area contributed by atoms with Gasteiger partial charge in [0, 0.05) is 34.8 Å². The molecular weight excluding hydrogens is 508 g/mol. The van der Waals surface area contributed by atoms with Crippen LogP contribution in [0.5, 0.6) is 0 Å². The molecule has 212 valence electrons. The van der Waals surface area contributed by atoms with Gasteiger partial charge in [0.2, 0.25) is 0 Å². The fourth-order valence-electron chi connectivity index (χ4n) is 4.90. The summed E-state index contributed by atoms with van der Waals surface area (Å²) in [6.45, 7) is 8.00. The third kappa shape index (κ3) is 5.62. The number of anilines is 2. The van der Waals surface area contributed by atoms with Crippen molar-refractivity contribution in [2.24, 2.45) is 7.05 Å². The fraction of sp³-hybridized carbons (Fsp3) is 0.194. The van der Waals surface area contributed by atoms with E-state index in [0.717, 1.165) is 5.69 Å². The molecule has 1 aliphatic rings. The van der Waals surface area contributed by atoms with Gasteiger partial charge in [-0.25, -0.2) is 0 Å². The van der Waals surface area contributed by atoms with Crippen LogP contribution in [0.1, 0.15) is 74.4 Å². The molecule has 0 radical (unpaired) electrons. The predicted octanol–water partition coefficient (Wildman–Crippen LogP) is 9.05. The van der Waals surface area contributed by atoms with Crippen LogP contribution in [0, 0.1) is 0 Å². The van der Waals surface area contributed by atoms with Crippen molar-refractivity contribution >= 4 is 33.8 Å². The number of carbonyl (C=O) groups excluding carboxylic acids is 2. The van der Waals surface area contributed by atoms with Crippen molar-refractivity contribution in [3.8, 4) is 11.1 Å². The predicted molar refractivity (Wildman–Crippen MR) is 174 cm³/mol. The molecular formula is C36H40N2O3. The summed E-state index contributed by atoms with van der Waals surface area (Å²) in [5, 5.41) is 3.97. The molecule has 1 N–H and O–H groups in total. The van der Waals surface area contributed by atoms with Crippen molar-refractivity contribution in [2.75, 3.05) is 5.32 Å². The molecule has 5 heteroatoms. The quantitative estimate of drug-likeness (QED) is 0.223. The van der Waals surface area contributed by atoms with Gasteiger partial charge < -0.3 is 9.88 Å². The van der Waals surface area contributed by atoms with E-state index in [4.69, 9.17) is 0 Å². The summed E-state index contributed by atoms with van der Waals surface area (Å²) in [6, 6.07) is 29.2. The van der Waals surface area contributed by atoms with Crippen LogP contribution in [-0.2, 0) is 7.05 Å². The van der Waals surface area contributed by atoms with E-state index in [9.17, 15) is 14.4 Å². The highest BCUT2D eigenvalue weighted by Crippen LogP contribution is 2.43. The number of rotatable bonds is 4. The lowest BCUT2D eigenvalue weighted by molar-refractivity contribution is 0.102. The number of aryl methyl sites for hydroxylation is 1. The van der Waals surface area contributed by atoms with E-state index in [1.165, 1.54) is 4.57 Å². The Hall–Kier alpha value is -4.77. The van der Waals surface area contributed by atoms with Crippen LogP contribution in [0.25, 0.3) is 22.0 Å². The van der Waals surface area contributed by atoms with Crippen LogP contribution < -0.4 is 10.9 Å². The van der Waals surface area contributed by atoms with Crippen LogP contribution in [0.4, 0.5) is 11.4 Å². The molecule has 0 spiro atoms. The maximum Gasteiger partial charge on any atom is 0.262 e. The van der Waals surface area contributed by atoms with E-state index in [0.29, 0.717) is 44.4 Å². The lowest BCUT2D eigenvalue weighted by atomic mass is 9.80. The molecule has 41 heavy (non-hydrogen) atoms. The number of benzene rings is 4. The van der Waals surface area contributed by atoms with E-state index in [2.05, 4.69) is 5.32 Å². The highest BCUT2D eigenvalue weighted by atomic mass is 16.1. The van der Waals surface area contributed by atoms with Gasteiger partial charge in [0.05, 0.1) is 22.3 Å². The van der Waals surface area contributed by atoms with Gasteiger partial charge in [0.1, 0.15) is 0 Å². The molecule has 5 nitrogen and oxygen atoms in total. The Morgan fingerprint density at radius 3 is 1.80 bits per heavy atom. The summed E-state index contributed by atoms with van der Waals surface area (Å²) < 4.78 is 1.46. The lowest BCUT2D eigenvalue weighted by Crippen LogP contribution is -2.29. The van der Waals surface area contributed by atoms with Crippen molar-refractivity contribution < 1.29 is 9.59 Å². The maximum atomic E-state index is 13.8. The van der Waals surface area contributed by atoms with Crippen molar-refractivity contribution in [3.05, 3.63) is 130 Å². The first kappa shape index (κ1) is 32.4. The third-order valence-corrected chi connectivity index (χ3v) is 6.55. The average Bonchev–Trinajstić information content (AvgIpc) is 3.01. The second-order valence-corrected chi connectivity index (χ2v) is 8.56. The molecule has 1 heterocycles. The summed E-state index contributed by atoms with van der Waals surface area (Å²) in [4.78, 5) is 41.2. The Balaban J connectivity index is 0.000000941. The highest BCUT2D eigenvalue weighted by Gasteiger charge is 2.33. The summed E-state index contributed by atoms with van der Waals surface area (Å²) in [7, 11) is 1.64. The standard InChI is InChI=1S/C30H20N2O3.2C2H6.2CH4/c1-32-23-17-16-22(31-19-12-6-3-7-13-19)25-26(23)24(20-14-8-9-15-21(20)29(25)34)27(30(32)35)28(33)18-10-4-2-5-11-18;2*1-2;;/h2-17,31H,1H3;2*1-2H3;2*1H4. The number of pyridine rings is 1. The minimum atomic E-state index is -0.389. The number of carbonyl (C=O) groups is 2. The number of nitrogens with one attached hydrogen (secondary N) is 1. The van der Waals surface area contributed by atoms with Crippen LogP contribution in [0.3, 0.4) is 0 Å². The minimum Gasteiger partial charge on any atom is -0.355 e. The molecule has 5 aromatic rings. The normalized spacial score (nSPS) is 10.4. The molecule has 0 fully saturated rings. The Labute approximate surface area is 243 Å². The number of nitrogens with zero attached hydrogens (tertiary/aromatic N) is 1. The molecule has 0 saturated carbocycles. The highest BCUT2D eigenvalue weighted by molar-refractivity contribution is 6.31. The summed E-state index contributed by atoms with van der Waals surface area (Å²) >= 11 is 0. The summed E-state index contributed by atoms with van der Waals surface area (Å²) in [5.74, 6) is -0.506. The molecule has 0 unspecified atom stereocenters. The molecule has 1 aliphatic carbocycles. The summed E-state index contributed by atoms with van der Waals surface area (Å²) in [5.41, 5.74) is 4.22. The topological polar surface area (TPSA) is 68.2 Å². The largest absolute Gasteiger partial charge is 0.355 e. The number of fused-ring (bicyclic) bond motifs is 2. The van der Waals surface area contributed by atoms with E-state index in [-0.39, 0.29) is 37.5 Å². The van der Waals surface area contributed by atoms with Gasteiger partial charge >= 0.3 is 0 Å². The first-order valence-electron chi connectivity index (χ1n) is 13.3. The van der Waals surface area contributed by atoms with Gasteiger partial charge in [-0.3, -0.25) is 14.4 Å². The summed E-state index contributed by atoms with van der Waals surface area (Å²) in [6.07, 6.45) is 0. The molecule has 0 atom stereocenters. The molecule has 6 rings (SSSR count). The van der Waals surface area contributed by atoms with Gasteiger partial charge in [0.25, 0.3) is 5.56 Å². The molecule has 0 bridgehead atoms. The zero-order valence-electron chi connectivity index (χ0n) is 22.9. The lowest BCUT2D eigenvalue weighted by Gasteiger charge is -2.25. The van der Waals surface area contributed by atoms with Gasteiger partial charge in [-0.2, -0.15) is 0 Å². The number of para-hydroxylation sites is 1. The maximum absolute atomic E-state index is 13.8. The van der Waals surface area contributed by atoms with Crippen LogP contribution >= 0.6 is 0 Å². The van der Waals surface area contributed by atoms with Gasteiger partial charge in [-0.15, -0.1) is 0 Å². The Kier molecular flexibility index (Phi) is 11.1. The monoisotopic (exact) mass is 548 g/mol. The average molecular weight is 549 g/mol. The number of hydrogen-bond acceptors (Lipinski definition) is 4. The van der Waals surface area contributed by atoms with E-state index in [1.54, 1.807) is 43.4 Å². The van der Waals surface area contributed by atoms with Crippen LogP contribution in [0.2, 0.25) is 0 Å². The molecule has 1 aromatic heterocycles. The zero-order valence-corrected chi connectivity index (χ0v) is 22.9. The van der Waals surface area contributed by atoms with Gasteiger partial charge in [-0.1, -0.05) is 115 Å². The first-order chi connectivity index (χ1) is 19.1. The first-order valence-corrected chi connectivity index (χ1v) is 13.3. The van der Waals surface area contributed by atoms with Crippen molar-refractivity contribution in [1.82, 2.24) is 4.57 Å². The van der Waals surface area contributed by atoms with Gasteiger partial charge in [0.15, 0.2) is 11.6 Å². The fourth-order valence-corrected chi connectivity index (χ4v) is 4.90. The Morgan fingerprint density at radius 2 is 1.20 bits per heavy atom. The molecule has 4 aromatic carbocycles. The second-order valence-electron chi connectivity index (χ2n) is 8.56. The van der Waals surface area contributed by atoms with Crippen molar-refractivity contribution in [3.63, 3.8) is 0 Å². The third-order valence-electron chi connectivity index (χ3n) is 6.55. The van der Waals surface area contributed by atoms with E-state index < -0.39 is 0 Å². The Bertz CT molecular complexity index is 1720. The van der Waals surface area contributed by atoms with Crippen molar-refractivity contribution in [2.45, 2.75) is 42.5 Å². The Morgan fingerprint density at radius 1 is 0.659 bits per heavy atom. The smallest absolute Gasteiger partial charge is 0.262 e. The minimum absolute atomic E-state index is 0. The van der Waals surface area contributed by atoms with E-state index >= 15 is 0 Å². The van der Waals surface area contributed by atoms with Crippen LogP contribution in [0.15, 0.2) is 102 Å².